The first kappa shape index (κ1) is 8.69. The maximum atomic E-state index is 8.89. The van der Waals surface area contributed by atoms with Crippen LogP contribution in [-0.2, 0) is 6.42 Å². The molecule has 0 spiro atoms. The fourth-order valence-corrected chi connectivity index (χ4v) is 2.28. The average molecular weight is 190 g/mol. The van der Waals surface area contributed by atoms with E-state index >= 15 is 0 Å². The molecular formula is C10H11N2P. The van der Waals surface area contributed by atoms with E-state index in [1.807, 2.05) is 12.1 Å². The van der Waals surface area contributed by atoms with E-state index in [2.05, 4.69) is 26.6 Å². The second-order valence-corrected chi connectivity index (χ2v) is 3.58. The summed E-state index contributed by atoms with van der Waals surface area (Å²) in [7, 11) is 2.54. The Hall–Kier alpha value is -0.900. The van der Waals surface area contributed by atoms with Crippen LogP contribution in [0.15, 0.2) is 18.2 Å². The molecule has 1 aromatic carbocycles. The lowest BCUT2D eigenvalue weighted by Crippen LogP contribution is -2.06. The summed E-state index contributed by atoms with van der Waals surface area (Å²) in [6.45, 7) is 0. The molecular weight excluding hydrogens is 179 g/mol. The molecule has 1 aliphatic carbocycles. The summed E-state index contributed by atoms with van der Waals surface area (Å²) >= 11 is 0. The number of hydrogen-bond donors (Lipinski definition) is 1. The van der Waals surface area contributed by atoms with E-state index in [4.69, 9.17) is 5.26 Å². The summed E-state index contributed by atoms with van der Waals surface area (Å²) in [5.74, 6) is 0. The second kappa shape index (κ2) is 3.46. The van der Waals surface area contributed by atoms with Gasteiger partial charge < -0.3 is 0 Å². The molecule has 1 aliphatic rings. The molecule has 2 atom stereocenters. The molecule has 0 aromatic heterocycles. The topological polar surface area (TPSA) is 35.8 Å². The van der Waals surface area contributed by atoms with Crippen LogP contribution in [0.2, 0.25) is 0 Å². The van der Waals surface area contributed by atoms with Crippen LogP contribution in [0, 0.1) is 11.3 Å². The van der Waals surface area contributed by atoms with Gasteiger partial charge in [-0.3, -0.25) is 5.09 Å². The SMILES string of the molecule is N#Cc1cccc2c1CC[C@@H]2NP. The van der Waals surface area contributed by atoms with Crippen LogP contribution in [0.4, 0.5) is 0 Å². The molecule has 0 amide bonds. The van der Waals surface area contributed by atoms with Crippen LogP contribution >= 0.6 is 9.39 Å². The van der Waals surface area contributed by atoms with Gasteiger partial charge in [0, 0.05) is 6.04 Å². The predicted octanol–water partition coefficient (Wildman–Crippen LogP) is 1.93. The minimum absolute atomic E-state index is 0.410. The fraction of sp³-hybridized carbons (Fsp3) is 0.300. The third kappa shape index (κ3) is 1.35. The Bertz CT molecular complexity index is 368. The molecule has 1 aromatic rings. The van der Waals surface area contributed by atoms with E-state index in [-0.39, 0.29) is 0 Å². The largest absolute Gasteiger partial charge is 0.294 e. The Labute approximate surface area is 80.2 Å². The van der Waals surface area contributed by atoms with E-state index in [0.29, 0.717) is 6.04 Å². The summed E-state index contributed by atoms with van der Waals surface area (Å²) in [5.41, 5.74) is 3.35. The maximum absolute atomic E-state index is 8.89. The highest BCUT2D eigenvalue weighted by Crippen LogP contribution is 2.33. The Kier molecular flexibility index (Phi) is 2.31. The van der Waals surface area contributed by atoms with Crippen LogP contribution in [0.1, 0.15) is 29.2 Å². The molecule has 2 rings (SSSR count). The number of hydrogen-bond acceptors (Lipinski definition) is 2. The highest BCUT2D eigenvalue weighted by molar-refractivity contribution is 7.13. The first-order valence-electron chi connectivity index (χ1n) is 4.35. The van der Waals surface area contributed by atoms with Gasteiger partial charge in [0.25, 0.3) is 0 Å². The zero-order valence-electron chi connectivity index (χ0n) is 7.25. The van der Waals surface area contributed by atoms with Crippen molar-refractivity contribution in [1.82, 2.24) is 5.09 Å². The van der Waals surface area contributed by atoms with Crippen LogP contribution in [0.5, 0.6) is 0 Å². The second-order valence-electron chi connectivity index (χ2n) is 3.24. The van der Waals surface area contributed by atoms with Gasteiger partial charge in [-0.2, -0.15) is 5.26 Å². The van der Waals surface area contributed by atoms with E-state index in [9.17, 15) is 0 Å². The Morgan fingerprint density at radius 1 is 1.54 bits per heavy atom. The van der Waals surface area contributed by atoms with Crippen LogP contribution in [0.3, 0.4) is 0 Å². The van der Waals surface area contributed by atoms with Gasteiger partial charge in [0.05, 0.1) is 11.6 Å². The highest BCUT2D eigenvalue weighted by Gasteiger charge is 2.22. The highest BCUT2D eigenvalue weighted by atomic mass is 31.0. The van der Waals surface area contributed by atoms with Crippen LogP contribution in [0.25, 0.3) is 0 Å². The molecule has 3 heteroatoms. The van der Waals surface area contributed by atoms with E-state index in [1.165, 1.54) is 11.1 Å². The minimum atomic E-state index is 0.410. The number of nitrogens with one attached hydrogen (secondary N) is 1. The van der Waals surface area contributed by atoms with E-state index in [0.717, 1.165) is 18.4 Å². The van der Waals surface area contributed by atoms with Crippen molar-refractivity contribution in [2.24, 2.45) is 0 Å². The monoisotopic (exact) mass is 190 g/mol. The average Bonchev–Trinajstić information content (AvgIpc) is 2.60. The first-order chi connectivity index (χ1) is 6.36. The molecule has 0 saturated carbocycles. The van der Waals surface area contributed by atoms with Gasteiger partial charge in [-0.05, 0) is 30.0 Å². The zero-order chi connectivity index (χ0) is 9.26. The molecule has 0 radical (unpaired) electrons. The quantitative estimate of drug-likeness (QED) is 0.687. The predicted molar refractivity (Wildman–Crippen MR) is 55.1 cm³/mol. The van der Waals surface area contributed by atoms with E-state index in [1.54, 1.807) is 0 Å². The van der Waals surface area contributed by atoms with Crippen molar-refractivity contribution in [2.45, 2.75) is 18.9 Å². The standard InChI is InChI=1S/C10H11N2P/c11-6-7-2-1-3-9-8(7)4-5-10(9)12-13/h1-3,10,12H,4-5,13H2/t10-/m0/s1. The van der Waals surface area contributed by atoms with Crippen molar-refractivity contribution in [1.29, 1.82) is 5.26 Å². The molecule has 0 aliphatic heterocycles. The van der Waals surface area contributed by atoms with Gasteiger partial charge in [-0.15, -0.1) is 0 Å². The molecule has 1 N–H and O–H groups in total. The zero-order valence-corrected chi connectivity index (χ0v) is 8.40. The molecule has 13 heavy (non-hydrogen) atoms. The van der Waals surface area contributed by atoms with Crippen molar-refractivity contribution in [3.05, 3.63) is 34.9 Å². The summed E-state index contributed by atoms with van der Waals surface area (Å²) in [6, 6.07) is 8.60. The minimum Gasteiger partial charge on any atom is -0.294 e. The summed E-state index contributed by atoms with van der Waals surface area (Å²) in [5, 5.41) is 12.1. The Morgan fingerprint density at radius 2 is 2.38 bits per heavy atom. The summed E-state index contributed by atoms with van der Waals surface area (Å²) in [4.78, 5) is 0. The fourth-order valence-electron chi connectivity index (χ4n) is 1.93. The molecule has 2 nitrogen and oxygen atoms in total. The first-order valence-corrected chi connectivity index (χ1v) is 4.92. The Balaban J connectivity index is 2.50. The van der Waals surface area contributed by atoms with Crippen molar-refractivity contribution < 1.29 is 0 Å². The van der Waals surface area contributed by atoms with Gasteiger partial charge >= 0.3 is 0 Å². The number of nitrogens with zero attached hydrogens (tertiary/aromatic N) is 1. The lowest BCUT2D eigenvalue weighted by Gasteiger charge is -2.09. The molecule has 0 fully saturated rings. The molecule has 0 saturated heterocycles. The number of nitriles is 1. The van der Waals surface area contributed by atoms with Gasteiger partial charge in [-0.1, -0.05) is 21.5 Å². The molecule has 0 bridgehead atoms. The molecule has 1 unspecified atom stereocenters. The Morgan fingerprint density at radius 3 is 3.08 bits per heavy atom. The van der Waals surface area contributed by atoms with Gasteiger partial charge in [-0.25, -0.2) is 0 Å². The molecule has 0 heterocycles. The normalized spacial score (nSPS) is 19.5. The third-order valence-corrected chi connectivity index (χ3v) is 2.99. The van der Waals surface area contributed by atoms with Gasteiger partial charge in [0.15, 0.2) is 0 Å². The van der Waals surface area contributed by atoms with Crippen molar-refractivity contribution in [3.63, 3.8) is 0 Å². The maximum Gasteiger partial charge on any atom is 0.0994 e. The number of rotatable bonds is 1. The third-order valence-electron chi connectivity index (χ3n) is 2.59. The van der Waals surface area contributed by atoms with Crippen molar-refractivity contribution in [3.8, 4) is 6.07 Å². The summed E-state index contributed by atoms with van der Waals surface area (Å²) in [6.07, 6.45) is 2.11. The lowest BCUT2D eigenvalue weighted by molar-refractivity contribution is 0.667. The smallest absolute Gasteiger partial charge is 0.0994 e. The van der Waals surface area contributed by atoms with Crippen LogP contribution in [-0.4, -0.2) is 0 Å². The number of fused-ring (bicyclic) bond motifs is 1. The van der Waals surface area contributed by atoms with Crippen molar-refractivity contribution >= 4 is 9.39 Å². The number of benzene rings is 1. The van der Waals surface area contributed by atoms with E-state index < -0.39 is 0 Å². The van der Waals surface area contributed by atoms with Gasteiger partial charge in [0.1, 0.15) is 0 Å². The van der Waals surface area contributed by atoms with Crippen molar-refractivity contribution in [2.75, 3.05) is 0 Å². The lowest BCUT2D eigenvalue weighted by atomic mass is 10.0. The summed E-state index contributed by atoms with van der Waals surface area (Å²) < 4.78 is 0. The van der Waals surface area contributed by atoms with Gasteiger partial charge in [0.2, 0.25) is 0 Å². The van der Waals surface area contributed by atoms with Crippen LogP contribution < -0.4 is 5.09 Å². The molecule has 66 valence electrons.